The first kappa shape index (κ1) is 25.2. The molecule has 1 saturated heterocycles. The van der Waals surface area contributed by atoms with Gasteiger partial charge in [0.2, 0.25) is 17.7 Å². The van der Waals surface area contributed by atoms with Gasteiger partial charge in [-0.2, -0.15) is 0 Å². The average molecular weight is 525 g/mol. The number of nitrogens with zero attached hydrogens (tertiary/aromatic N) is 1. The van der Waals surface area contributed by atoms with Crippen molar-refractivity contribution in [2.24, 2.45) is 4.99 Å². The fourth-order valence-electron chi connectivity index (χ4n) is 3.53. The van der Waals surface area contributed by atoms with Crippen LogP contribution < -0.4 is 21.9 Å². The van der Waals surface area contributed by atoms with Gasteiger partial charge in [-0.3, -0.25) is 24.4 Å². The zero-order chi connectivity index (χ0) is 26.7. The predicted octanol–water partition coefficient (Wildman–Crippen LogP) is 0.878. The molecule has 0 radical (unpaired) electrons. The summed E-state index contributed by atoms with van der Waals surface area (Å²) in [5, 5.41) is 33.2. The van der Waals surface area contributed by atoms with E-state index >= 15 is 0 Å². The van der Waals surface area contributed by atoms with Crippen molar-refractivity contribution < 1.29 is 29.7 Å². The normalized spacial score (nSPS) is 16.8. The number of hydrogen-bond acceptors (Lipinski definition) is 9. The Hall–Kier alpha value is -4.85. The summed E-state index contributed by atoms with van der Waals surface area (Å²) in [5.74, 6) is -3.00. The number of aromatic carboxylic acids is 1. The molecule has 1 aliphatic heterocycles. The number of carbonyl (C=O) groups excluding carboxylic acids is 2. The number of phenolic OH excluding ortho intramolecular Hbond substituents is 1. The van der Waals surface area contributed by atoms with Gasteiger partial charge in [0.25, 0.3) is 5.56 Å². The molecular formula is C23H19N5O8S. The lowest BCUT2D eigenvalue weighted by atomic mass is 10.0. The minimum Gasteiger partial charge on any atom is -0.508 e. The molecule has 13 nitrogen and oxygen atoms in total. The smallest absolute Gasteiger partial charge is 0.335 e. The number of phenols is 1. The number of anilines is 1. The number of carboxylic acid groups (broad SMARTS) is 1. The van der Waals surface area contributed by atoms with Gasteiger partial charge in [0.05, 0.1) is 5.56 Å². The molecule has 1 aliphatic rings. The summed E-state index contributed by atoms with van der Waals surface area (Å²) < 4.78 is 0. The summed E-state index contributed by atoms with van der Waals surface area (Å²) in [6.07, 6.45) is -0.263. The highest BCUT2D eigenvalue weighted by molar-refractivity contribution is 8.15. The van der Waals surface area contributed by atoms with E-state index in [0.29, 0.717) is 5.56 Å². The van der Waals surface area contributed by atoms with Gasteiger partial charge in [-0.25, -0.2) is 14.6 Å². The van der Waals surface area contributed by atoms with E-state index in [0.717, 1.165) is 11.8 Å². The van der Waals surface area contributed by atoms with E-state index < -0.39 is 46.2 Å². The number of nitrogens with one attached hydrogen (secondary N) is 4. The van der Waals surface area contributed by atoms with E-state index in [4.69, 9.17) is 5.11 Å². The number of rotatable bonds is 7. The molecule has 0 spiro atoms. The average Bonchev–Trinajstić information content (AvgIpc) is 3.16. The number of carbonyl (C=O) groups is 3. The largest absolute Gasteiger partial charge is 0.508 e. The second-order valence-electron chi connectivity index (χ2n) is 7.83. The van der Waals surface area contributed by atoms with Gasteiger partial charge in [0, 0.05) is 12.1 Å². The van der Waals surface area contributed by atoms with Crippen LogP contribution in [0.2, 0.25) is 0 Å². The molecule has 4 rings (SSSR count). The maximum absolute atomic E-state index is 12.5. The highest BCUT2D eigenvalue weighted by atomic mass is 32.2. The van der Waals surface area contributed by atoms with E-state index in [9.17, 15) is 34.2 Å². The van der Waals surface area contributed by atoms with Crippen molar-refractivity contribution in [3.05, 3.63) is 86.1 Å². The van der Waals surface area contributed by atoms with Crippen LogP contribution in [0.4, 0.5) is 5.69 Å². The minimum absolute atomic E-state index is 0.0130. The number of amidine groups is 1. The number of thioether (sulfide) groups is 1. The van der Waals surface area contributed by atoms with E-state index in [-0.39, 0.29) is 34.2 Å². The fourth-order valence-corrected chi connectivity index (χ4v) is 4.52. The number of hydrogen-bond donors (Lipinski definition) is 7. The van der Waals surface area contributed by atoms with Crippen molar-refractivity contribution in [2.45, 2.75) is 17.7 Å². The van der Waals surface area contributed by atoms with E-state index in [1.165, 1.54) is 48.5 Å². The first-order chi connectivity index (χ1) is 17.6. The molecule has 3 aromatic rings. The third-order valence-electron chi connectivity index (χ3n) is 5.23. The Morgan fingerprint density at radius 2 is 1.78 bits per heavy atom. The molecule has 2 amide bonds. The molecule has 0 unspecified atom stereocenters. The topological polar surface area (TPSA) is 214 Å². The van der Waals surface area contributed by atoms with E-state index in [1.807, 2.05) is 4.98 Å². The van der Waals surface area contributed by atoms with Gasteiger partial charge in [0.15, 0.2) is 5.17 Å². The van der Waals surface area contributed by atoms with Gasteiger partial charge in [-0.15, -0.1) is 0 Å². The van der Waals surface area contributed by atoms with Crippen LogP contribution in [-0.2, 0) is 9.59 Å². The number of carboxylic acids is 1. The molecule has 2 aromatic carbocycles. The second kappa shape index (κ2) is 10.4. The van der Waals surface area contributed by atoms with Gasteiger partial charge >= 0.3 is 11.7 Å². The third kappa shape index (κ3) is 5.87. The monoisotopic (exact) mass is 525 g/mol. The van der Waals surface area contributed by atoms with Crippen LogP contribution in [0.1, 0.15) is 33.9 Å². The van der Waals surface area contributed by atoms with Crippen LogP contribution in [0, 0.1) is 0 Å². The van der Waals surface area contributed by atoms with Crippen LogP contribution >= 0.6 is 11.8 Å². The first-order valence-corrected chi connectivity index (χ1v) is 11.5. The quantitative estimate of drug-likeness (QED) is 0.233. The number of aromatic nitrogens is 2. The third-order valence-corrected chi connectivity index (χ3v) is 6.32. The van der Waals surface area contributed by atoms with Crippen molar-refractivity contribution in [3.8, 4) is 11.6 Å². The number of benzene rings is 2. The Kier molecular flexibility index (Phi) is 7.11. The van der Waals surface area contributed by atoms with Crippen LogP contribution in [0.5, 0.6) is 11.6 Å². The fraction of sp³-hybridized carbons (Fsp3) is 0.130. The van der Waals surface area contributed by atoms with Gasteiger partial charge in [0.1, 0.15) is 22.6 Å². The summed E-state index contributed by atoms with van der Waals surface area (Å²) in [6, 6.07) is 10.0. The predicted molar refractivity (Wildman–Crippen MR) is 133 cm³/mol. The Morgan fingerprint density at radius 1 is 1.05 bits per heavy atom. The molecule has 0 bridgehead atoms. The summed E-state index contributed by atoms with van der Waals surface area (Å²) in [6.45, 7) is 0. The van der Waals surface area contributed by atoms with Crippen LogP contribution in [0.15, 0.2) is 63.1 Å². The van der Waals surface area contributed by atoms with Crippen molar-refractivity contribution >= 4 is 40.4 Å². The molecule has 14 heteroatoms. The standard InChI is InChI=1S/C23H19N5O8S/c29-13-6-4-10(5-7-13)17(16-19(32)26-22(36)27-20(16)33)25-23-28-18(31)14(37-23)9-15(30)24-12-3-1-2-11(8-12)21(34)35/h1-8,14,17,29H,9H2,(H,24,30)(H,34,35)(H,25,28,31)(H3,26,27,32,33,36)/t14-,17-/m0/s1. The summed E-state index contributed by atoms with van der Waals surface area (Å²) in [4.78, 5) is 68.6. The number of H-pyrrole nitrogens is 2. The molecular weight excluding hydrogens is 506 g/mol. The first-order valence-electron chi connectivity index (χ1n) is 10.6. The maximum atomic E-state index is 12.5. The van der Waals surface area contributed by atoms with Gasteiger partial charge < -0.3 is 26.0 Å². The maximum Gasteiger partial charge on any atom is 0.335 e. The summed E-state index contributed by atoms with van der Waals surface area (Å²) in [7, 11) is 0. The van der Waals surface area contributed by atoms with Gasteiger partial charge in [-0.1, -0.05) is 30.0 Å². The lowest BCUT2D eigenvalue weighted by molar-refractivity contribution is -0.122. The molecule has 190 valence electrons. The molecule has 2 heterocycles. The molecule has 1 fully saturated rings. The number of aromatic hydroxyl groups is 2. The summed E-state index contributed by atoms with van der Waals surface area (Å²) in [5.41, 5.74) is -1.53. The van der Waals surface area contributed by atoms with Crippen molar-refractivity contribution in [1.29, 1.82) is 0 Å². The lowest BCUT2D eigenvalue weighted by Crippen LogP contribution is -2.29. The Balaban J connectivity index is 1.57. The second-order valence-corrected chi connectivity index (χ2v) is 9.02. The Bertz CT molecular complexity index is 1530. The minimum atomic E-state index is -1.18. The Labute approximate surface area is 211 Å². The van der Waals surface area contributed by atoms with Crippen molar-refractivity contribution in [1.82, 2.24) is 15.3 Å². The van der Waals surface area contributed by atoms with Crippen LogP contribution in [0.3, 0.4) is 0 Å². The van der Waals surface area contributed by atoms with E-state index in [1.54, 1.807) is 0 Å². The number of aliphatic imine (C=N–C) groups is 1. The van der Waals surface area contributed by atoms with E-state index in [2.05, 4.69) is 20.6 Å². The van der Waals surface area contributed by atoms with Crippen LogP contribution in [0.25, 0.3) is 0 Å². The highest BCUT2D eigenvalue weighted by Crippen LogP contribution is 2.32. The Morgan fingerprint density at radius 3 is 2.46 bits per heavy atom. The number of amides is 2. The zero-order valence-electron chi connectivity index (χ0n) is 18.7. The SMILES string of the molecule is O=C(C[C@@H]1SC(=N[C@@H](c2ccc(O)cc2)c2c(O)[nH]c(=O)[nH]c2=O)NC1=O)Nc1cccc(C(=O)O)c1. The molecule has 0 aliphatic carbocycles. The molecule has 7 N–H and O–H groups in total. The van der Waals surface area contributed by atoms with Crippen molar-refractivity contribution in [3.63, 3.8) is 0 Å². The highest BCUT2D eigenvalue weighted by Gasteiger charge is 2.34. The molecule has 1 aromatic heterocycles. The zero-order valence-corrected chi connectivity index (χ0v) is 19.5. The van der Waals surface area contributed by atoms with Crippen molar-refractivity contribution in [2.75, 3.05) is 5.32 Å². The molecule has 0 saturated carbocycles. The summed E-state index contributed by atoms with van der Waals surface area (Å²) >= 11 is 0.921. The molecule has 2 atom stereocenters. The molecule has 37 heavy (non-hydrogen) atoms. The number of aromatic amines is 2. The van der Waals surface area contributed by atoms with Crippen LogP contribution in [-0.4, -0.2) is 53.5 Å². The lowest BCUT2D eigenvalue weighted by Gasteiger charge is -2.14. The van der Waals surface area contributed by atoms with Gasteiger partial charge in [-0.05, 0) is 35.9 Å².